The highest BCUT2D eigenvalue weighted by molar-refractivity contribution is 9.10. The standard InChI is InChI=1S/C11H15BrClNOS/c1-14-10(7-2-4-15-5-3-7)9-6-8(12)11(13)16-9/h6-7,10,14H,2-5H2,1H3. The summed E-state index contributed by atoms with van der Waals surface area (Å²) in [6, 6.07) is 2.53. The van der Waals surface area contributed by atoms with Crippen LogP contribution in [0.1, 0.15) is 23.8 Å². The third-order valence-electron chi connectivity index (χ3n) is 3.02. The Morgan fingerprint density at radius 2 is 2.25 bits per heavy atom. The molecular weight excluding hydrogens is 310 g/mol. The monoisotopic (exact) mass is 323 g/mol. The van der Waals surface area contributed by atoms with Crippen LogP contribution in [-0.4, -0.2) is 20.3 Å². The Hall–Kier alpha value is 0.390. The lowest BCUT2D eigenvalue weighted by Gasteiger charge is -2.29. The zero-order valence-corrected chi connectivity index (χ0v) is 12.3. The van der Waals surface area contributed by atoms with Crippen molar-refractivity contribution >= 4 is 38.9 Å². The third-order valence-corrected chi connectivity index (χ3v) is 5.58. The normalized spacial score (nSPS) is 19.9. The van der Waals surface area contributed by atoms with E-state index in [1.54, 1.807) is 11.3 Å². The van der Waals surface area contributed by atoms with Crippen molar-refractivity contribution in [1.82, 2.24) is 5.32 Å². The first-order valence-corrected chi connectivity index (χ1v) is 7.41. The lowest BCUT2D eigenvalue weighted by Crippen LogP contribution is -2.29. The second kappa shape index (κ2) is 5.83. The van der Waals surface area contributed by atoms with Gasteiger partial charge < -0.3 is 10.1 Å². The van der Waals surface area contributed by atoms with Crippen LogP contribution in [0.3, 0.4) is 0 Å². The van der Waals surface area contributed by atoms with Crippen molar-refractivity contribution in [3.05, 3.63) is 19.8 Å². The second-order valence-electron chi connectivity index (χ2n) is 3.99. The smallest absolute Gasteiger partial charge is 0.107 e. The van der Waals surface area contributed by atoms with Crippen LogP contribution in [0, 0.1) is 5.92 Å². The molecule has 1 atom stereocenters. The van der Waals surface area contributed by atoms with Gasteiger partial charge in [0.25, 0.3) is 0 Å². The van der Waals surface area contributed by atoms with Crippen LogP contribution in [0.2, 0.25) is 4.34 Å². The number of ether oxygens (including phenoxy) is 1. The van der Waals surface area contributed by atoms with Crippen molar-refractivity contribution in [3.8, 4) is 0 Å². The van der Waals surface area contributed by atoms with Gasteiger partial charge in [-0.05, 0) is 47.8 Å². The van der Waals surface area contributed by atoms with E-state index in [2.05, 4.69) is 27.3 Å². The largest absolute Gasteiger partial charge is 0.381 e. The molecule has 0 spiro atoms. The maximum Gasteiger partial charge on any atom is 0.107 e. The van der Waals surface area contributed by atoms with Crippen LogP contribution in [0.5, 0.6) is 0 Å². The molecule has 1 aliphatic heterocycles. The molecule has 1 unspecified atom stereocenters. The highest BCUT2D eigenvalue weighted by atomic mass is 79.9. The summed E-state index contributed by atoms with van der Waals surface area (Å²) in [5, 5.41) is 3.40. The Morgan fingerprint density at radius 3 is 2.75 bits per heavy atom. The van der Waals surface area contributed by atoms with Crippen molar-refractivity contribution in [1.29, 1.82) is 0 Å². The highest BCUT2D eigenvalue weighted by Crippen LogP contribution is 2.39. The Labute approximate surface area is 113 Å². The van der Waals surface area contributed by atoms with E-state index in [1.165, 1.54) is 4.88 Å². The van der Waals surface area contributed by atoms with Gasteiger partial charge in [-0.15, -0.1) is 11.3 Å². The first-order valence-electron chi connectivity index (χ1n) is 5.42. The summed E-state index contributed by atoms with van der Waals surface area (Å²) >= 11 is 11.2. The molecule has 2 heterocycles. The van der Waals surface area contributed by atoms with E-state index in [1.807, 2.05) is 7.05 Å². The van der Waals surface area contributed by atoms with Gasteiger partial charge in [0.05, 0.1) is 0 Å². The molecule has 1 saturated heterocycles. The van der Waals surface area contributed by atoms with Crippen LogP contribution in [0.4, 0.5) is 0 Å². The molecule has 1 aromatic rings. The van der Waals surface area contributed by atoms with E-state index >= 15 is 0 Å². The van der Waals surface area contributed by atoms with Crippen LogP contribution in [0.15, 0.2) is 10.5 Å². The first kappa shape index (κ1) is 12.8. The molecule has 1 aliphatic rings. The fourth-order valence-electron chi connectivity index (χ4n) is 2.18. The molecule has 0 bridgehead atoms. The summed E-state index contributed by atoms with van der Waals surface area (Å²) in [7, 11) is 2.02. The number of hydrogen-bond donors (Lipinski definition) is 1. The molecule has 16 heavy (non-hydrogen) atoms. The predicted molar refractivity (Wildman–Crippen MR) is 72.4 cm³/mol. The predicted octanol–water partition coefficient (Wildman–Crippen LogP) is 3.85. The van der Waals surface area contributed by atoms with Gasteiger partial charge in [0.1, 0.15) is 4.34 Å². The molecule has 1 fully saturated rings. The topological polar surface area (TPSA) is 21.3 Å². The van der Waals surface area contributed by atoms with Crippen molar-refractivity contribution in [2.75, 3.05) is 20.3 Å². The summed E-state index contributed by atoms with van der Waals surface area (Å²) < 4.78 is 7.24. The summed E-state index contributed by atoms with van der Waals surface area (Å²) in [6.07, 6.45) is 2.25. The van der Waals surface area contributed by atoms with Gasteiger partial charge in [0.2, 0.25) is 0 Å². The number of hydrogen-bond acceptors (Lipinski definition) is 3. The van der Waals surface area contributed by atoms with E-state index in [0.717, 1.165) is 34.9 Å². The fourth-order valence-corrected chi connectivity index (χ4v) is 4.12. The quantitative estimate of drug-likeness (QED) is 0.912. The summed E-state index contributed by atoms with van der Waals surface area (Å²) in [4.78, 5) is 1.31. The highest BCUT2D eigenvalue weighted by Gasteiger charge is 2.25. The molecule has 0 saturated carbocycles. The van der Waals surface area contributed by atoms with E-state index in [0.29, 0.717) is 12.0 Å². The van der Waals surface area contributed by atoms with E-state index < -0.39 is 0 Å². The summed E-state index contributed by atoms with van der Waals surface area (Å²) in [5.41, 5.74) is 0. The average Bonchev–Trinajstić information content (AvgIpc) is 2.61. The van der Waals surface area contributed by atoms with E-state index in [-0.39, 0.29) is 0 Å². The minimum atomic E-state index is 0.401. The molecule has 2 rings (SSSR count). The molecular formula is C11H15BrClNOS. The fraction of sp³-hybridized carbons (Fsp3) is 0.636. The maximum atomic E-state index is 6.09. The molecule has 1 N–H and O–H groups in total. The molecule has 0 aliphatic carbocycles. The minimum Gasteiger partial charge on any atom is -0.381 e. The van der Waals surface area contributed by atoms with Crippen LogP contribution < -0.4 is 5.32 Å². The minimum absolute atomic E-state index is 0.401. The van der Waals surface area contributed by atoms with Crippen LogP contribution >= 0.6 is 38.9 Å². The zero-order chi connectivity index (χ0) is 11.5. The number of rotatable bonds is 3. The van der Waals surface area contributed by atoms with Crippen molar-refractivity contribution in [3.63, 3.8) is 0 Å². The van der Waals surface area contributed by atoms with Gasteiger partial charge in [-0.3, -0.25) is 0 Å². The van der Waals surface area contributed by atoms with E-state index in [4.69, 9.17) is 16.3 Å². The van der Waals surface area contributed by atoms with Gasteiger partial charge in [0.15, 0.2) is 0 Å². The first-order chi connectivity index (χ1) is 7.72. The second-order valence-corrected chi connectivity index (χ2v) is 6.53. The Morgan fingerprint density at radius 1 is 1.56 bits per heavy atom. The molecule has 5 heteroatoms. The van der Waals surface area contributed by atoms with Crippen molar-refractivity contribution < 1.29 is 4.74 Å². The van der Waals surface area contributed by atoms with Crippen LogP contribution in [0.25, 0.3) is 0 Å². The molecule has 90 valence electrons. The molecule has 1 aromatic heterocycles. The molecule has 2 nitrogen and oxygen atoms in total. The van der Waals surface area contributed by atoms with Crippen LogP contribution in [-0.2, 0) is 4.74 Å². The van der Waals surface area contributed by atoms with Crippen molar-refractivity contribution in [2.45, 2.75) is 18.9 Å². The molecule has 0 radical (unpaired) electrons. The van der Waals surface area contributed by atoms with Gasteiger partial charge in [0, 0.05) is 28.6 Å². The molecule has 0 amide bonds. The lowest BCUT2D eigenvalue weighted by atomic mass is 9.91. The van der Waals surface area contributed by atoms with Gasteiger partial charge in [-0.25, -0.2) is 0 Å². The third kappa shape index (κ3) is 2.79. The number of halogens is 2. The lowest BCUT2D eigenvalue weighted by molar-refractivity contribution is 0.0550. The van der Waals surface area contributed by atoms with Gasteiger partial charge in [-0.2, -0.15) is 0 Å². The van der Waals surface area contributed by atoms with E-state index in [9.17, 15) is 0 Å². The summed E-state index contributed by atoms with van der Waals surface area (Å²) in [6.45, 7) is 1.76. The zero-order valence-electron chi connectivity index (χ0n) is 9.13. The molecule has 0 aromatic carbocycles. The Balaban J connectivity index is 2.14. The maximum absolute atomic E-state index is 6.09. The van der Waals surface area contributed by atoms with Gasteiger partial charge >= 0.3 is 0 Å². The summed E-state index contributed by atoms with van der Waals surface area (Å²) in [5.74, 6) is 0.653. The van der Waals surface area contributed by atoms with Crippen molar-refractivity contribution in [2.24, 2.45) is 5.92 Å². The average molecular weight is 325 g/mol. The SMILES string of the molecule is CNC(c1cc(Br)c(Cl)s1)C1CCOCC1. The number of thiophene rings is 1. The van der Waals surface area contributed by atoms with Gasteiger partial charge in [-0.1, -0.05) is 11.6 Å². The number of nitrogens with one attached hydrogen (secondary N) is 1. The Kier molecular flexibility index (Phi) is 4.67. The Bertz CT molecular complexity index is 332.